The maximum absolute atomic E-state index is 12.3. The zero-order chi connectivity index (χ0) is 15.5. The number of aromatic nitrogens is 2. The van der Waals surface area contributed by atoms with E-state index >= 15 is 0 Å². The van der Waals surface area contributed by atoms with Crippen LogP contribution >= 0.6 is 0 Å². The average Bonchev–Trinajstić information content (AvgIpc) is 2.60. The molecule has 0 N–H and O–H groups in total. The molecule has 0 fully saturated rings. The fourth-order valence-electron chi connectivity index (χ4n) is 2.12. The van der Waals surface area contributed by atoms with Gasteiger partial charge in [-0.2, -0.15) is 0 Å². The zero-order valence-corrected chi connectivity index (χ0v) is 11.8. The molecule has 0 saturated heterocycles. The molecular weight excluding hydrogens is 280 g/mol. The van der Waals surface area contributed by atoms with Crippen LogP contribution in [0.25, 0.3) is 10.9 Å². The van der Waals surface area contributed by atoms with E-state index in [9.17, 15) is 9.59 Å². The van der Waals surface area contributed by atoms with Crippen LogP contribution in [0.1, 0.15) is 20.8 Å². The van der Waals surface area contributed by atoms with Gasteiger partial charge in [-0.05, 0) is 30.3 Å². The number of Topliss-reactive ketones (excluding diaryl/α,β-unsaturated/α-hetero) is 2. The Bertz CT molecular complexity index is 874. The smallest absolute Gasteiger partial charge is 0.251 e. The van der Waals surface area contributed by atoms with Crippen molar-refractivity contribution in [2.75, 3.05) is 7.11 Å². The van der Waals surface area contributed by atoms with Gasteiger partial charge in [0.15, 0.2) is 0 Å². The number of nitrogens with zero attached hydrogens (tertiary/aromatic N) is 2. The van der Waals surface area contributed by atoms with Crippen LogP contribution in [0.4, 0.5) is 0 Å². The number of pyridine rings is 2. The predicted octanol–water partition coefficient (Wildman–Crippen LogP) is 2.70. The van der Waals surface area contributed by atoms with Gasteiger partial charge in [-0.1, -0.05) is 12.1 Å². The minimum Gasteiger partial charge on any atom is -0.481 e. The van der Waals surface area contributed by atoms with Crippen molar-refractivity contribution in [2.45, 2.75) is 0 Å². The summed E-state index contributed by atoms with van der Waals surface area (Å²) in [6.07, 6.45) is 1.68. The van der Waals surface area contributed by atoms with E-state index < -0.39 is 11.6 Å². The summed E-state index contributed by atoms with van der Waals surface area (Å²) >= 11 is 0. The Morgan fingerprint density at radius 1 is 1.00 bits per heavy atom. The van der Waals surface area contributed by atoms with Crippen molar-refractivity contribution in [2.24, 2.45) is 0 Å². The van der Waals surface area contributed by atoms with Crippen molar-refractivity contribution >= 4 is 22.5 Å². The number of benzene rings is 1. The Labute approximate surface area is 126 Å². The molecule has 22 heavy (non-hydrogen) atoms. The molecule has 0 atom stereocenters. The van der Waals surface area contributed by atoms with E-state index in [1.165, 1.54) is 13.2 Å². The van der Waals surface area contributed by atoms with E-state index in [0.717, 1.165) is 10.9 Å². The van der Waals surface area contributed by atoms with E-state index in [1.54, 1.807) is 42.6 Å². The van der Waals surface area contributed by atoms with Gasteiger partial charge in [0.1, 0.15) is 5.69 Å². The normalized spacial score (nSPS) is 10.4. The third kappa shape index (κ3) is 2.56. The lowest BCUT2D eigenvalue weighted by atomic mass is 10.0. The molecule has 0 spiro atoms. The highest BCUT2D eigenvalue weighted by Gasteiger charge is 2.20. The summed E-state index contributed by atoms with van der Waals surface area (Å²) in [5.74, 6) is -0.977. The summed E-state index contributed by atoms with van der Waals surface area (Å²) in [5, 5.41) is 0.805. The van der Waals surface area contributed by atoms with Crippen molar-refractivity contribution in [1.82, 2.24) is 9.97 Å². The van der Waals surface area contributed by atoms with Crippen LogP contribution in [0.2, 0.25) is 0 Å². The number of carbonyl (C=O) groups excluding carboxylic acids is 2. The molecule has 0 bridgehead atoms. The first-order chi connectivity index (χ1) is 10.7. The molecule has 3 aromatic rings. The van der Waals surface area contributed by atoms with Crippen molar-refractivity contribution in [1.29, 1.82) is 0 Å². The van der Waals surface area contributed by atoms with E-state index in [1.807, 2.05) is 6.07 Å². The van der Waals surface area contributed by atoms with Gasteiger partial charge in [0, 0.05) is 23.2 Å². The molecule has 0 aliphatic heterocycles. The molecule has 5 nitrogen and oxygen atoms in total. The lowest BCUT2D eigenvalue weighted by Crippen LogP contribution is -2.16. The molecule has 0 radical (unpaired) electrons. The minimum atomic E-state index is -0.665. The molecule has 3 rings (SSSR count). The third-order valence-corrected chi connectivity index (χ3v) is 3.24. The number of rotatable bonds is 4. The van der Waals surface area contributed by atoms with Crippen LogP contribution in [0.15, 0.2) is 54.7 Å². The summed E-state index contributed by atoms with van der Waals surface area (Å²) in [6.45, 7) is 0. The number of methoxy groups -OCH3 is 1. The van der Waals surface area contributed by atoms with Crippen molar-refractivity contribution in [3.8, 4) is 5.88 Å². The molecule has 0 aliphatic carbocycles. The van der Waals surface area contributed by atoms with Crippen LogP contribution in [0.3, 0.4) is 0 Å². The number of carbonyl (C=O) groups is 2. The standard InChI is InChI=1S/C17H12N2O3/c1-22-15-6-2-5-14(19-15)17(21)16(20)12-7-8-13-11(10-12)4-3-9-18-13/h2-10H,1H3. The summed E-state index contributed by atoms with van der Waals surface area (Å²) < 4.78 is 4.97. The van der Waals surface area contributed by atoms with Crippen LogP contribution in [-0.2, 0) is 0 Å². The van der Waals surface area contributed by atoms with Gasteiger partial charge >= 0.3 is 0 Å². The Kier molecular flexibility index (Phi) is 3.62. The molecule has 0 aliphatic rings. The lowest BCUT2D eigenvalue weighted by molar-refractivity contribution is 0.0813. The minimum absolute atomic E-state index is 0.0654. The second-order valence-corrected chi connectivity index (χ2v) is 4.63. The maximum atomic E-state index is 12.3. The van der Waals surface area contributed by atoms with E-state index in [2.05, 4.69) is 9.97 Å². The number of ketones is 2. The van der Waals surface area contributed by atoms with Gasteiger partial charge in [-0.3, -0.25) is 14.6 Å². The van der Waals surface area contributed by atoms with E-state index in [-0.39, 0.29) is 5.69 Å². The van der Waals surface area contributed by atoms with Crippen molar-refractivity contribution < 1.29 is 14.3 Å². The lowest BCUT2D eigenvalue weighted by Gasteiger charge is -2.04. The highest BCUT2D eigenvalue weighted by atomic mass is 16.5. The maximum Gasteiger partial charge on any atom is 0.251 e. The molecule has 2 heterocycles. The van der Waals surface area contributed by atoms with Gasteiger partial charge in [-0.15, -0.1) is 0 Å². The van der Waals surface area contributed by atoms with Crippen LogP contribution in [0, 0.1) is 0 Å². The molecule has 2 aromatic heterocycles. The second-order valence-electron chi connectivity index (χ2n) is 4.63. The number of fused-ring (bicyclic) bond motifs is 1. The first-order valence-corrected chi connectivity index (χ1v) is 6.64. The highest BCUT2D eigenvalue weighted by Crippen LogP contribution is 2.16. The van der Waals surface area contributed by atoms with Gasteiger partial charge in [-0.25, -0.2) is 4.98 Å². The first kappa shape index (κ1) is 13.9. The summed E-state index contributed by atoms with van der Waals surface area (Å²) in [6, 6.07) is 13.3. The second kappa shape index (κ2) is 5.73. The summed E-state index contributed by atoms with van der Waals surface area (Å²) in [4.78, 5) is 32.8. The van der Waals surface area contributed by atoms with Gasteiger partial charge in [0.05, 0.1) is 12.6 Å². The fourth-order valence-corrected chi connectivity index (χ4v) is 2.12. The number of hydrogen-bond donors (Lipinski definition) is 0. The van der Waals surface area contributed by atoms with E-state index in [4.69, 9.17) is 4.74 Å². The van der Waals surface area contributed by atoms with Crippen LogP contribution in [0.5, 0.6) is 5.88 Å². The van der Waals surface area contributed by atoms with Crippen molar-refractivity contribution in [3.05, 3.63) is 66.0 Å². The predicted molar refractivity (Wildman–Crippen MR) is 81.2 cm³/mol. The monoisotopic (exact) mass is 292 g/mol. The Morgan fingerprint density at radius 3 is 2.68 bits per heavy atom. The molecule has 1 aromatic carbocycles. The van der Waals surface area contributed by atoms with Crippen LogP contribution in [-0.4, -0.2) is 28.6 Å². The van der Waals surface area contributed by atoms with Gasteiger partial charge < -0.3 is 4.74 Å². The van der Waals surface area contributed by atoms with E-state index in [0.29, 0.717) is 11.4 Å². The third-order valence-electron chi connectivity index (χ3n) is 3.24. The largest absolute Gasteiger partial charge is 0.481 e. The zero-order valence-electron chi connectivity index (χ0n) is 11.8. The van der Waals surface area contributed by atoms with Gasteiger partial charge in [0.25, 0.3) is 5.78 Å². The van der Waals surface area contributed by atoms with Crippen LogP contribution < -0.4 is 4.74 Å². The first-order valence-electron chi connectivity index (χ1n) is 6.64. The number of ether oxygens (including phenoxy) is 1. The van der Waals surface area contributed by atoms with Crippen molar-refractivity contribution in [3.63, 3.8) is 0 Å². The highest BCUT2D eigenvalue weighted by molar-refractivity contribution is 6.49. The molecule has 0 unspecified atom stereocenters. The molecular formula is C17H12N2O3. The quantitative estimate of drug-likeness (QED) is 0.546. The molecule has 5 heteroatoms. The molecule has 108 valence electrons. The number of hydrogen-bond acceptors (Lipinski definition) is 5. The Hall–Kier alpha value is -3.08. The molecule has 0 saturated carbocycles. The Morgan fingerprint density at radius 2 is 1.86 bits per heavy atom. The summed E-state index contributed by atoms with van der Waals surface area (Å²) in [5.41, 5.74) is 1.15. The summed E-state index contributed by atoms with van der Waals surface area (Å²) in [7, 11) is 1.45. The van der Waals surface area contributed by atoms with Gasteiger partial charge in [0.2, 0.25) is 11.7 Å². The Balaban J connectivity index is 1.95. The topological polar surface area (TPSA) is 69.2 Å². The fraction of sp³-hybridized carbons (Fsp3) is 0.0588. The SMILES string of the molecule is COc1cccc(C(=O)C(=O)c2ccc3ncccc3c2)n1. The average molecular weight is 292 g/mol. The molecule has 0 amide bonds.